The van der Waals surface area contributed by atoms with Crippen LogP contribution in [0.4, 0.5) is 8.78 Å². The maximum absolute atomic E-state index is 13.4. The molecule has 0 aliphatic carbocycles. The highest BCUT2D eigenvalue weighted by molar-refractivity contribution is 9.10. The van der Waals surface area contributed by atoms with Gasteiger partial charge in [-0.1, -0.05) is 27.5 Å². The fourth-order valence-electron chi connectivity index (χ4n) is 1.09. The van der Waals surface area contributed by atoms with E-state index in [1.807, 2.05) is 0 Å². The summed E-state index contributed by atoms with van der Waals surface area (Å²) in [6.07, 6.45) is 2.54. The summed E-state index contributed by atoms with van der Waals surface area (Å²) >= 11 is 8.61. The van der Waals surface area contributed by atoms with Gasteiger partial charge in [0.25, 0.3) is 0 Å². The molecule has 0 saturated heterocycles. The zero-order valence-corrected chi connectivity index (χ0v) is 10.5. The van der Waals surface area contributed by atoms with Crippen molar-refractivity contribution in [1.82, 2.24) is 9.97 Å². The molecule has 0 aliphatic heterocycles. The molecule has 0 amide bonds. The van der Waals surface area contributed by atoms with Crippen LogP contribution in [0.25, 0.3) is 0 Å². The molecule has 0 aliphatic rings. The number of hydrogen-bond acceptors (Lipinski definition) is 3. The molecule has 0 saturated carbocycles. The van der Waals surface area contributed by atoms with E-state index in [0.29, 0.717) is 4.47 Å². The topological polar surface area (TPSA) is 35.0 Å². The molecular weight excluding hydrogens is 317 g/mol. The minimum absolute atomic E-state index is 0.0195. The average molecular weight is 322 g/mol. The van der Waals surface area contributed by atoms with E-state index < -0.39 is 11.6 Å². The third-order valence-electron chi connectivity index (χ3n) is 1.76. The second-order valence-electron chi connectivity index (χ2n) is 2.98. The summed E-state index contributed by atoms with van der Waals surface area (Å²) in [4.78, 5) is 7.45. The van der Waals surface area contributed by atoms with Gasteiger partial charge in [-0.05, 0) is 12.1 Å². The standard InChI is InChI=1S/C10H4BrClF2N2O/c11-5-1-6(13)10(14)7(2-5)17-9-4-15-3-8(12)16-9/h1-4H. The van der Waals surface area contributed by atoms with Gasteiger partial charge in [0, 0.05) is 4.47 Å². The highest BCUT2D eigenvalue weighted by atomic mass is 79.9. The Hall–Kier alpha value is -1.27. The van der Waals surface area contributed by atoms with Gasteiger partial charge in [-0.15, -0.1) is 0 Å². The van der Waals surface area contributed by atoms with Crippen molar-refractivity contribution in [3.05, 3.63) is 45.8 Å². The highest BCUT2D eigenvalue weighted by Gasteiger charge is 2.13. The Bertz CT molecular complexity index is 568. The van der Waals surface area contributed by atoms with Crippen molar-refractivity contribution in [2.75, 3.05) is 0 Å². The smallest absolute Gasteiger partial charge is 0.239 e. The first-order chi connectivity index (χ1) is 8.06. The van der Waals surface area contributed by atoms with E-state index in [0.717, 1.165) is 6.07 Å². The van der Waals surface area contributed by atoms with Gasteiger partial charge in [-0.3, -0.25) is 4.98 Å². The highest BCUT2D eigenvalue weighted by Crippen LogP contribution is 2.28. The van der Waals surface area contributed by atoms with Crippen LogP contribution >= 0.6 is 27.5 Å². The summed E-state index contributed by atoms with van der Waals surface area (Å²) in [5.41, 5.74) is 0. The Morgan fingerprint density at radius 2 is 2.00 bits per heavy atom. The maximum atomic E-state index is 13.4. The van der Waals surface area contributed by atoms with Crippen molar-refractivity contribution < 1.29 is 13.5 Å². The first-order valence-electron chi connectivity index (χ1n) is 4.36. The lowest BCUT2D eigenvalue weighted by Crippen LogP contribution is -1.94. The van der Waals surface area contributed by atoms with Crippen molar-refractivity contribution in [3.8, 4) is 11.6 Å². The molecule has 0 radical (unpaired) electrons. The Labute approximate surface area is 109 Å². The zero-order valence-electron chi connectivity index (χ0n) is 8.12. The van der Waals surface area contributed by atoms with Crippen LogP contribution < -0.4 is 4.74 Å². The van der Waals surface area contributed by atoms with Gasteiger partial charge >= 0.3 is 0 Å². The van der Waals surface area contributed by atoms with Crippen LogP contribution in [0.15, 0.2) is 29.0 Å². The summed E-state index contributed by atoms with van der Waals surface area (Å²) in [7, 11) is 0. The van der Waals surface area contributed by atoms with E-state index in [-0.39, 0.29) is 16.8 Å². The molecule has 2 aromatic rings. The Kier molecular flexibility index (Phi) is 3.54. The molecule has 17 heavy (non-hydrogen) atoms. The molecule has 0 N–H and O–H groups in total. The summed E-state index contributed by atoms with van der Waals surface area (Å²) in [5.74, 6) is -2.44. The maximum Gasteiger partial charge on any atom is 0.239 e. The van der Waals surface area contributed by atoms with E-state index in [9.17, 15) is 8.78 Å². The van der Waals surface area contributed by atoms with Gasteiger partial charge in [-0.2, -0.15) is 9.37 Å². The molecule has 1 aromatic heterocycles. The largest absolute Gasteiger partial charge is 0.434 e. The molecule has 2 rings (SSSR count). The Morgan fingerprint density at radius 1 is 1.24 bits per heavy atom. The molecule has 3 nitrogen and oxygen atoms in total. The van der Waals surface area contributed by atoms with Crippen LogP contribution in [0.1, 0.15) is 0 Å². The molecule has 7 heteroatoms. The SMILES string of the molecule is Fc1cc(Br)cc(Oc2cncc(Cl)n2)c1F. The predicted molar refractivity (Wildman–Crippen MR) is 61.2 cm³/mol. The van der Waals surface area contributed by atoms with E-state index in [1.165, 1.54) is 18.5 Å². The molecule has 0 atom stereocenters. The predicted octanol–water partition coefficient (Wildman–Crippen LogP) is 3.96. The summed E-state index contributed by atoms with van der Waals surface area (Å²) in [5, 5.41) is 0.0957. The molecule has 88 valence electrons. The lowest BCUT2D eigenvalue weighted by atomic mass is 10.3. The van der Waals surface area contributed by atoms with E-state index in [2.05, 4.69) is 25.9 Å². The van der Waals surface area contributed by atoms with Gasteiger partial charge in [0.15, 0.2) is 16.7 Å². The number of benzene rings is 1. The molecule has 1 aromatic carbocycles. The normalized spacial score (nSPS) is 10.4. The van der Waals surface area contributed by atoms with Gasteiger partial charge in [-0.25, -0.2) is 4.39 Å². The van der Waals surface area contributed by atoms with Crippen molar-refractivity contribution in [1.29, 1.82) is 0 Å². The fraction of sp³-hybridized carbons (Fsp3) is 0. The quantitative estimate of drug-likeness (QED) is 0.785. The number of nitrogens with zero attached hydrogens (tertiary/aromatic N) is 2. The lowest BCUT2D eigenvalue weighted by Gasteiger charge is -2.06. The molecular formula is C10H4BrClF2N2O. The summed E-state index contributed by atoms with van der Waals surface area (Å²) < 4.78 is 31.8. The van der Waals surface area contributed by atoms with Crippen LogP contribution in [0, 0.1) is 11.6 Å². The molecule has 0 spiro atoms. The average Bonchev–Trinajstić information content (AvgIpc) is 2.25. The number of halogens is 4. The van der Waals surface area contributed by atoms with Crippen molar-refractivity contribution in [3.63, 3.8) is 0 Å². The molecule has 0 fully saturated rings. The molecule has 0 unspecified atom stereocenters. The zero-order chi connectivity index (χ0) is 12.4. The van der Waals surface area contributed by atoms with Crippen LogP contribution in [0.3, 0.4) is 0 Å². The van der Waals surface area contributed by atoms with Crippen molar-refractivity contribution in [2.45, 2.75) is 0 Å². The molecule has 1 heterocycles. The Morgan fingerprint density at radius 3 is 2.71 bits per heavy atom. The second-order valence-corrected chi connectivity index (χ2v) is 4.28. The first-order valence-corrected chi connectivity index (χ1v) is 5.53. The monoisotopic (exact) mass is 320 g/mol. The second kappa shape index (κ2) is 4.93. The van der Waals surface area contributed by atoms with Crippen molar-refractivity contribution in [2.24, 2.45) is 0 Å². The van der Waals surface area contributed by atoms with Crippen molar-refractivity contribution >= 4 is 27.5 Å². The van der Waals surface area contributed by atoms with Gasteiger partial charge in [0.1, 0.15) is 0 Å². The summed E-state index contributed by atoms with van der Waals surface area (Å²) in [6.45, 7) is 0. The number of rotatable bonds is 2. The summed E-state index contributed by atoms with van der Waals surface area (Å²) in [6, 6.07) is 2.27. The lowest BCUT2D eigenvalue weighted by molar-refractivity contribution is 0.403. The van der Waals surface area contributed by atoms with E-state index in [4.69, 9.17) is 16.3 Å². The number of ether oxygens (including phenoxy) is 1. The minimum atomic E-state index is -1.10. The van der Waals surface area contributed by atoms with E-state index >= 15 is 0 Å². The first kappa shape index (κ1) is 12.2. The fourth-order valence-corrected chi connectivity index (χ4v) is 1.64. The van der Waals surface area contributed by atoms with E-state index in [1.54, 1.807) is 0 Å². The Balaban J connectivity index is 2.36. The van der Waals surface area contributed by atoms with Gasteiger partial charge < -0.3 is 4.74 Å². The minimum Gasteiger partial charge on any atom is -0.434 e. The number of aromatic nitrogens is 2. The number of hydrogen-bond donors (Lipinski definition) is 0. The van der Waals surface area contributed by atoms with Crippen LogP contribution in [0.2, 0.25) is 5.15 Å². The van der Waals surface area contributed by atoms with Gasteiger partial charge in [0.2, 0.25) is 11.7 Å². The van der Waals surface area contributed by atoms with Crippen LogP contribution in [-0.4, -0.2) is 9.97 Å². The van der Waals surface area contributed by atoms with Gasteiger partial charge in [0.05, 0.1) is 12.4 Å². The third-order valence-corrected chi connectivity index (χ3v) is 2.40. The van der Waals surface area contributed by atoms with Crippen LogP contribution in [0.5, 0.6) is 11.6 Å². The van der Waals surface area contributed by atoms with Crippen LogP contribution in [-0.2, 0) is 0 Å². The molecule has 0 bridgehead atoms. The third kappa shape index (κ3) is 2.89.